The number of aliphatic hydroxyl groups excluding tert-OH is 3. The largest absolute Gasteiger partial charge is 0.390 e. The van der Waals surface area contributed by atoms with E-state index in [1.165, 1.54) is 0 Å². The number of amides is 2. The zero-order valence-electron chi connectivity index (χ0n) is 32.1. The summed E-state index contributed by atoms with van der Waals surface area (Å²) in [7, 11) is 0. The van der Waals surface area contributed by atoms with E-state index in [0.717, 1.165) is 76.2 Å². The van der Waals surface area contributed by atoms with Gasteiger partial charge < -0.3 is 40.2 Å². The van der Waals surface area contributed by atoms with Gasteiger partial charge in [-0.1, -0.05) is 45.9 Å². The smallest absolute Gasteiger partial charge is 0.225 e. The third kappa shape index (κ3) is 14.0. The summed E-state index contributed by atoms with van der Waals surface area (Å²) < 4.78 is 19.5. The number of carbonyl (C=O) groups excluding carboxylic acids is 2. The Balaban J connectivity index is 1.36. The molecule has 12 atom stereocenters. The highest BCUT2D eigenvalue weighted by Crippen LogP contribution is 2.43. The minimum Gasteiger partial charge on any atom is -0.390 e. The third-order valence-corrected chi connectivity index (χ3v) is 11.3. The van der Waals surface area contributed by atoms with Crippen LogP contribution in [0.1, 0.15) is 132 Å². The van der Waals surface area contributed by atoms with Gasteiger partial charge >= 0.3 is 0 Å². The van der Waals surface area contributed by atoms with E-state index in [1.807, 2.05) is 19.9 Å². The Labute approximate surface area is 302 Å². The fourth-order valence-electron chi connectivity index (χ4n) is 7.62. The summed E-state index contributed by atoms with van der Waals surface area (Å²) in [6.45, 7) is 14.3. The summed E-state index contributed by atoms with van der Waals surface area (Å²) in [6.07, 6.45) is 14.7. The van der Waals surface area contributed by atoms with Crippen LogP contribution in [0, 0.1) is 23.7 Å². The van der Waals surface area contributed by atoms with Gasteiger partial charge in [0.25, 0.3) is 0 Å². The maximum absolute atomic E-state index is 12.9. The molecule has 0 radical (unpaired) electrons. The highest BCUT2D eigenvalue weighted by atomic mass is 16.7. The number of hydrogen-bond acceptors (Lipinski definition) is 8. The first-order valence-electron chi connectivity index (χ1n) is 19.6. The molecule has 1 spiro atoms. The van der Waals surface area contributed by atoms with E-state index in [0.29, 0.717) is 24.8 Å². The lowest BCUT2D eigenvalue weighted by Gasteiger charge is -2.48. The molecule has 0 unspecified atom stereocenters. The maximum atomic E-state index is 12.9. The normalized spacial score (nSPS) is 32.3. The van der Waals surface area contributed by atoms with E-state index in [2.05, 4.69) is 37.5 Å². The SMILES string of the molecule is C/C=C/[C@H](O)C[C@H]1CC[C@H](C)[C@H](CC(=O)NC[C@H](O)[C@H](C)C(=O)NCCC[C@H]2O[C@@]3(CCC[C@@H](CC[C@H](C)/C=C(\C)[C@H](C)O)O3)CC[C@@H]2C)O1. The molecule has 3 aliphatic rings. The van der Waals surface area contributed by atoms with Crippen LogP contribution in [-0.4, -0.2) is 88.7 Å². The first-order valence-corrected chi connectivity index (χ1v) is 19.6. The van der Waals surface area contributed by atoms with Crippen LogP contribution in [0.2, 0.25) is 0 Å². The van der Waals surface area contributed by atoms with E-state index >= 15 is 0 Å². The Bertz CT molecular complexity index is 1100. The Morgan fingerprint density at radius 2 is 1.66 bits per heavy atom. The van der Waals surface area contributed by atoms with Crippen LogP contribution in [0.5, 0.6) is 0 Å². The van der Waals surface area contributed by atoms with E-state index in [-0.39, 0.29) is 55.1 Å². The zero-order chi connectivity index (χ0) is 36.8. The van der Waals surface area contributed by atoms with Crippen LogP contribution in [0.15, 0.2) is 23.8 Å². The van der Waals surface area contributed by atoms with Crippen molar-refractivity contribution in [2.45, 2.75) is 180 Å². The van der Waals surface area contributed by atoms with Gasteiger partial charge in [-0.2, -0.15) is 0 Å². The van der Waals surface area contributed by atoms with E-state index in [4.69, 9.17) is 14.2 Å². The summed E-state index contributed by atoms with van der Waals surface area (Å²) >= 11 is 0. The van der Waals surface area contributed by atoms with Crippen molar-refractivity contribution in [3.8, 4) is 0 Å². The number of rotatable bonds is 18. The third-order valence-electron chi connectivity index (χ3n) is 11.3. The van der Waals surface area contributed by atoms with Gasteiger partial charge in [0.2, 0.25) is 11.8 Å². The highest BCUT2D eigenvalue weighted by molar-refractivity contribution is 5.79. The molecule has 0 bridgehead atoms. The summed E-state index contributed by atoms with van der Waals surface area (Å²) in [4.78, 5) is 25.6. The first-order chi connectivity index (χ1) is 23.7. The molecule has 3 saturated heterocycles. The lowest BCUT2D eigenvalue weighted by atomic mass is 9.85. The van der Waals surface area contributed by atoms with E-state index in [1.54, 1.807) is 19.9 Å². The summed E-state index contributed by atoms with van der Waals surface area (Å²) in [6, 6.07) is 0. The second-order valence-corrected chi connectivity index (χ2v) is 15.8. The molecule has 288 valence electrons. The summed E-state index contributed by atoms with van der Waals surface area (Å²) in [5.74, 6) is -0.623. The molecular formula is C40H70N2O8. The molecule has 0 saturated carbocycles. The molecule has 10 heteroatoms. The van der Waals surface area contributed by atoms with Crippen LogP contribution in [0.3, 0.4) is 0 Å². The standard InChI is InChI=1S/C40H70N2O8/c1-8-11-32(44)23-34-17-15-27(3)37(48-34)24-38(46)42-25-35(45)30(6)39(47)41-21-10-13-36-28(4)18-20-40(50-36)19-9-12-33(49-40)16-14-26(2)22-29(5)31(7)43/h8,11,22,26-28,30-37,43-45H,9-10,12-21,23-25H2,1-7H3,(H,41,47)(H,42,46)/b11-8+,29-22+/t26-,27-,28-,30-,31-,32-,33-,34+,35-,36+,37-,40-/m0/s1. The number of ether oxygens (including phenoxy) is 3. The second-order valence-electron chi connectivity index (χ2n) is 15.8. The second kappa shape index (κ2) is 21.0. The molecular weight excluding hydrogens is 636 g/mol. The molecule has 5 N–H and O–H groups in total. The fourth-order valence-corrected chi connectivity index (χ4v) is 7.62. The molecule has 0 aromatic carbocycles. The lowest BCUT2D eigenvalue weighted by Crippen LogP contribution is -2.50. The van der Waals surface area contributed by atoms with Crippen LogP contribution in [0.4, 0.5) is 0 Å². The van der Waals surface area contributed by atoms with Crippen molar-refractivity contribution in [1.29, 1.82) is 0 Å². The van der Waals surface area contributed by atoms with Crippen LogP contribution in [0.25, 0.3) is 0 Å². The number of hydrogen-bond donors (Lipinski definition) is 5. The van der Waals surface area contributed by atoms with Crippen molar-refractivity contribution in [1.82, 2.24) is 10.6 Å². The van der Waals surface area contributed by atoms with Crippen molar-refractivity contribution in [3.05, 3.63) is 23.8 Å². The molecule has 3 aliphatic heterocycles. The molecule has 2 amide bonds. The monoisotopic (exact) mass is 707 g/mol. The number of carbonyl (C=O) groups is 2. The lowest BCUT2D eigenvalue weighted by molar-refractivity contribution is -0.324. The molecule has 50 heavy (non-hydrogen) atoms. The number of allylic oxidation sites excluding steroid dienone is 2. The Kier molecular flexibility index (Phi) is 17.9. The molecule has 3 fully saturated rings. The van der Waals surface area contributed by atoms with Gasteiger partial charge in [-0.25, -0.2) is 0 Å². The quantitative estimate of drug-likeness (QED) is 0.0899. The van der Waals surface area contributed by atoms with E-state index < -0.39 is 30.0 Å². The van der Waals surface area contributed by atoms with Gasteiger partial charge in [0.1, 0.15) is 0 Å². The predicted octanol–water partition coefficient (Wildman–Crippen LogP) is 5.72. The van der Waals surface area contributed by atoms with Crippen LogP contribution < -0.4 is 10.6 Å². The topological polar surface area (TPSA) is 147 Å². The molecule has 3 rings (SSSR count). The zero-order valence-corrected chi connectivity index (χ0v) is 32.1. The van der Waals surface area contributed by atoms with Gasteiger partial charge in [-0.15, -0.1) is 0 Å². The average molecular weight is 707 g/mol. The summed E-state index contributed by atoms with van der Waals surface area (Å²) in [5, 5.41) is 36.3. The van der Waals surface area contributed by atoms with Crippen LogP contribution >= 0.6 is 0 Å². The van der Waals surface area contributed by atoms with Gasteiger partial charge in [0, 0.05) is 32.4 Å². The average Bonchev–Trinajstić information content (AvgIpc) is 3.07. The van der Waals surface area contributed by atoms with Crippen molar-refractivity contribution >= 4 is 11.8 Å². The predicted molar refractivity (Wildman–Crippen MR) is 196 cm³/mol. The Morgan fingerprint density at radius 1 is 0.920 bits per heavy atom. The number of aliphatic hydroxyl groups is 3. The Hall–Kier alpha value is -1.82. The first kappa shape index (κ1) is 42.6. The summed E-state index contributed by atoms with van der Waals surface area (Å²) in [5.41, 5.74) is 1.01. The minimum atomic E-state index is -1.01. The fraction of sp³-hybridized carbons (Fsp3) is 0.850. The number of nitrogens with one attached hydrogen (secondary N) is 2. The van der Waals surface area contributed by atoms with Crippen molar-refractivity contribution < 1.29 is 39.1 Å². The molecule has 10 nitrogen and oxygen atoms in total. The van der Waals surface area contributed by atoms with Gasteiger partial charge in [-0.05, 0) is 102 Å². The van der Waals surface area contributed by atoms with Gasteiger partial charge in [0.05, 0.1) is 55.1 Å². The van der Waals surface area contributed by atoms with Crippen LogP contribution in [-0.2, 0) is 23.8 Å². The molecule has 0 aromatic heterocycles. The molecule has 3 heterocycles. The van der Waals surface area contributed by atoms with Crippen molar-refractivity contribution in [2.75, 3.05) is 13.1 Å². The highest BCUT2D eigenvalue weighted by Gasteiger charge is 2.44. The minimum absolute atomic E-state index is 0.00835. The molecule has 0 aliphatic carbocycles. The van der Waals surface area contributed by atoms with Crippen molar-refractivity contribution in [2.24, 2.45) is 23.7 Å². The maximum Gasteiger partial charge on any atom is 0.225 e. The molecule has 0 aromatic rings. The van der Waals surface area contributed by atoms with Gasteiger partial charge in [-0.3, -0.25) is 9.59 Å². The van der Waals surface area contributed by atoms with E-state index in [9.17, 15) is 24.9 Å². The Morgan fingerprint density at radius 3 is 2.38 bits per heavy atom. The van der Waals surface area contributed by atoms with Gasteiger partial charge in [0.15, 0.2) is 5.79 Å². The van der Waals surface area contributed by atoms with Crippen molar-refractivity contribution in [3.63, 3.8) is 0 Å².